The van der Waals surface area contributed by atoms with E-state index in [9.17, 15) is 0 Å². The molecule has 2 heterocycles. The van der Waals surface area contributed by atoms with Gasteiger partial charge in [0, 0.05) is 22.8 Å². The fourth-order valence-electron chi connectivity index (χ4n) is 2.48. The number of benzene rings is 2. The van der Waals surface area contributed by atoms with Crippen LogP contribution in [0.3, 0.4) is 0 Å². The summed E-state index contributed by atoms with van der Waals surface area (Å²) in [4.78, 5) is 8.79. The van der Waals surface area contributed by atoms with Crippen LogP contribution in [0.2, 0.25) is 0 Å². The molecule has 0 aliphatic heterocycles. The lowest BCUT2D eigenvalue weighted by Gasteiger charge is -2.07. The molecule has 0 saturated heterocycles. The van der Waals surface area contributed by atoms with Gasteiger partial charge in [0.2, 0.25) is 5.95 Å². The average Bonchev–Trinajstić information content (AvgIpc) is 3.10. The number of nitrogens with zero attached hydrogens (tertiary/aromatic N) is 4. The molecule has 2 N–H and O–H groups in total. The van der Waals surface area contributed by atoms with Crippen molar-refractivity contribution in [2.24, 2.45) is 0 Å². The van der Waals surface area contributed by atoms with Gasteiger partial charge in [-0.2, -0.15) is 10.4 Å². The molecule has 0 aliphatic rings. The third-order valence-corrected chi connectivity index (χ3v) is 3.64. The van der Waals surface area contributed by atoms with Crippen molar-refractivity contribution < 1.29 is 0 Å². The van der Waals surface area contributed by atoms with Gasteiger partial charge in [-0.1, -0.05) is 12.1 Å². The fourth-order valence-corrected chi connectivity index (χ4v) is 2.48. The third-order valence-electron chi connectivity index (χ3n) is 3.64. The van der Waals surface area contributed by atoms with Crippen LogP contribution in [0.25, 0.3) is 22.2 Å². The molecule has 0 atom stereocenters. The molecule has 0 aliphatic carbocycles. The Morgan fingerprint density at radius 1 is 1.08 bits per heavy atom. The standard InChI is InChI=1S/C18H12N6/c19-10-12-2-1-3-13(8-12)16-6-7-20-18(23-16)22-15-4-5-17-14(9-15)11-21-24-17/h1-9,11H,(H,21,24)(H,20,22,23). The minimum atomic E-state index is 0.498. The molecule has 2 aromatic carbocycles. The first-order valence-electron chi connectivity index (χ1n) is 7.35. The van der Waals surface area contributed by atoms with Crippen LogP contribution < -0.4 is 5.32 Å². The van der Waals surface area contributed by atoms with E-state index < -0.39 is 0 Å². The first kappa shape index (κ1) is 13.9. The van der Waals surface area contributed by atoms with Gasteiger partial charge in [-0.05, 0) is 36.4 Å². The highest BCUT2D eigenvalue weighted by molar-refractivity contribution is 5.82. The first-order chi connectivity index (χ1) is 11.8. The maximum Gasteiger partial charge on any atom is 0.227 e. The lowest BCUT2D eigenvalue weighted by Crippen LogP contribution is -1.97. The molecule has 4 rings (SSSR count). The Labute approximate surface area is 137 Å². The van der Waals surface area contributed by atoms with Gasteiger partial charge in [-0.15, -0.1) is 0 Å². The highest BCUT2D eigenvalue weighted by Crippen LogP contribution is 2.22. The van der Waals surface area contributed by atoms with Crippen LogP contribution >= 0.6 is 0 Å². The van der Waals surface area contributed by atoms with Crippen LogP contribution in [-0.4, -0.2) is 20.2 Å². The molecule has 0 fully saturated rings. The summed E-state index contributed by atoms with van der Waals surface area (Å²) in [5, 5.41) is 20.2. The number of nitrogens with one attached hydrogen (secondary N) is 2. The minimum Gasteiger partial charge on any atom is -0.324 e. The molecule has 0 amide bonds. The van der Waals surface area contributed by atoms with Crippen molar-refractivity contribution in [2.75, 3.05) is 5.32 Å². The molecule has 6 nitrogen and oxygen atoms in total. The SMILES string of the molecule is N#Cc1cccc(-c2ccnc(Nc3ccc4[nH]ncc4c3)n2)c1. The average molecular weight is 312 g/mol. The number of hydrogen-bond donors (Lipinski definition) is 2. The van der Waals surface area contributed by atoms with Crippen molar-refractivity contribution in [3.8, 4) is 17.3 Å². The van der Waals surface area contributed by atoms with E-state index in [4.69, 9.17) is 5.26 Å². The predicted molar refractivity (Wildman–Crippen MR) is 91.6 cm³/mol. The van der Waals surface area contributed by atoms with Crippen LogP contribution in [0.5, 0.6) is 0 Å². The molecule has 0 spiro atoms. The highest BCUT2D eigenvalue weighted by atomic mass is 15.1. The number of rotatable bonds is 3. The molecule has 114 valence electrons. The van der Waals surface area contributed by atoms with Gasteiger partial charge in [0.05, 0.1) is 29.0 Å². The third kappa shape index (κ3) is 2.66. The number of fused-ring (bicyclic) bond motifs is 1. The fraction of sp³-hybridized carbons (Fsp3) is 0. The Kier molecular flexibility index (Phi) is 3.37. The van der Waals surface area contributed by atoms with Gasteiger partial charge in [-0.25, -0.2) is 9.97 Å². The second kappa shape index (κ2) is 5.82. The smallest absolute Gasteiger partial charge is 0.227 e. The van der Waals surface area contributed by atoms with Crippen molar-refractivity contribution >= 4 is 22.5 Å². The summed E-state index contributed by atoms with van der Waals surface area (Å²) < 4.78 is 0. The number of anilines is 2. The van der Waals surface area contributed by atoms with Crippen LogP contribution in [0, 0.1) is 11.3 Å². The van der Waals surface area contributed by atoms with Gasteiger partial charge in [0.1, 0.15) is 0 Å². The van der Waals surface area contributed by atoms with E-state index in [1.54, 1.807) is 18.5 Å². The van der Waals surface area contributed by atoms with E-state index in [0.717, 1.165) is 27.8 Å². The molecule has 6 heteroatoms. The molecular weight excluding hydrogens is 300 g/mol. The molecule has 0 bridgehead atoms. The van der Waals surface area contributed by atoms with Crippen molar-refractivity contribution in [2.45, 2.75) is 0 Å². The Morgan fingerprint density at radius 3 is 2.96 bits per heavy atom. The summed E-state index contributed by atoms with van der Waals surface area (Å²) in [6, 6.07) is 17.2. The summed E-state index contributed by atoms with van der Waals surface area (Å²) in [6.07, 6.45) is 3.46. The van der Waals surface area contributed by atoms with Crippen molar-refractivity contribution in [1.82, 2.24) is 20.2 Å². The van der Waals surface area contributed by atoms with Crippen LogP contribution in [0.15, 0.2) is 60.9 Å². The zero-order valence-electron chi connectivity index (χ0n) is 12.6. The molecule has 0 radical (unpaired) electrons. The summed E-state index contributed by atoms with van der Waals surface area (Å²) in [6.45, 7) is 0. The quantitative estimate of drug-likeness (QED) is 0.603. The zero-order chi connectivity index (χ0) is 16.4. The number of hydrogen-bond acceptors (Lipinski definition) is 5. The van der Waals surface area contributed by atoms with Gasteiger partial charge >= 0.3 is 0 Å². The lowest BCUT2D eigenvalue weighted by atomic mass is 10.1. The van der Waals surface area contributed by atoms with Crippen molar-refractivity contribution in [1.29, 1.82) is 5.26 Å². The summed E-state index contributed by atoms with van der Waals surface area (Å²) >= 11 is 0. The minimum absolute atomic E-state index is 0.498. The van der Waals surface area contributed by atoms with E-state index in [2.05, 4.69) is 31.6 Å². The molecule has 2 aromatic heterocycles. The van der Waals surface area contributed by atoms with Crippen LogP contribution in [0.1, 0.15) is 5.56 Å². The number of nitriles is 1. The number of aromatic nitrogens is 4. The Bertz CT molecular complexity index is 1060. The lowest BCUT2D eigenvalue weighted by molar-refractivity contribution is 1.12. The Morgan fingerprint density at radius 2 is 2.04 bits per heavy atom. The largest absolute Gasteiger partial charge is 0.324 e. The maximum atomic E-state index is 9.02. The van der Waals surface area contributed by atoms with Crippen molar-refractivity contribution in [3.05, 3.63) is 66.5 Å². The number of aromatic amines is 1. The molecule has 4 aromatic rings. The van der Waals surface area contributed by atoms with E-state index in [1.165, 1.54) is 0 Å². The Hall–Kier alpha value is -3.72. The predicted octanol–water partition coefficient (Wildman–Crippen LogP) is 3.64. The van der Waals surface area contributed by atoms with E-state index in [1.807, 2.05) is 42.5 Å². The molecule has 0 saturated carbocycles. The second-order valence-corrected chi connectivity index (χ2v) is 5.26. The molecule has 0 unspecified atom stereocenters. The number of H-pyrrole nitrogens is 1. The summed E-state index contributed by atoms with van der Waals surface area (Å²) in [5.41, 5.74) is 4.10. The summed E-state index contributed by atoms with van der Waals surface area (Å²) in [7, 11) is 0. The van der Waals surface area contributed by atoms with E-state index in [0.29, 0.717) is 11.5 Å². The monoisotopic (exact) mass is 312 g/mol. The second-order valence-electron chi connectivity index (χ2n) is 5.26. The highest BCUT2D eigenvalue weighted by Gasteiger charge is 2.05. The van der Waals surface area contributed by atoms with Crippen LogP contribution in [0.4, 0.5) is 11.6 Å². The van der Waals surface area contributed by atoms with E-state index >= 15 is 0 Å². The normalized spacial score (nSPS) is 10.5. The molecule has 24 heavy (non-hydrogen) atoms. The van der Waals surface area contributed by atoms with Gasteiger partial charge in [0.25, 0.3) is 0 Å². The van der Waals surface area contributed by atoms with Crippen molar-refractivity contribution in [3.63, 3.8) is 0 Å². The summed E-state index contributed by atoms with van der Waals surface area (Å²) in [5.74, 6) is 0.498. The van der Waals surface area contributed by atoms with E-state index in [-0.39, 0.29) is 0 Å². The first-order valence-corrected chi connectivity index (χ1v) is 7.35. The Balaban J connectivity index is 1.65. The maximum absolute atomic E-state index is 9.02. The zero-order valence-corrected chi connectivity index (χ0v) is 12.6. The van der Waals surface area contributed by atoms with Crippen LogP contribution in [-0.2, 0) is 0 Å². The van der Waals surface area contributed by atoms with Gasteiger partial charge in [0.15, 0.2) is 0 Å². The van der Waals surface area contributed by atoms with Gasteiger partial charge < -0.3 is 5.32 Å². The molecular formula is C18H12N6. The van der Waals surface area contributed by atoms with Gasteiger partial charge in [-0.3, -0.25) is 5.10 Å². The topological polar surface area (TPSA) is 90.3 Å².